The molecule has 2 aliphatic rings. The largest absolute Gasteiger partial charge is 0.458 e. The molecular formula is C45H62O12S. The van der Waals surface area contributed by atoms with Crippen molar-refractivity contribution >= 4 is 45.1 Å². The van der Waals surface area contributed by atoms with E-state index < -0.39 is 63.0 Å². The molecule has 2 aliphatic heterocycles. The minimum Gasteiger partial charge on any atom is -0.458 e. The van der Waals surface area contributed by atoms with Gasteiger partial charge in [-0.15, -0.1) is 0 Å². The number of aryl methyl sites for hydroxylation is 6. The molecule has 4 unspecified atom stereocenters. The summed E-state index contributed by atoms with van der Waals surface area (Å²) in [7, 11) is -3.63. The van der Waals surface area contributed by atoms with Crippen LogP contribution in [0.25, 0.3) is 11.1 Å². The maximum atomic E-state index is 13.1. The summed E-state index contributed by atoms with van der Waals surface area (Å²) in [6, 6.07) is 7.91. The predicted molar refractivity (Wildman–Crippen MR) is 221 cm³/mol. The first-order valence-electron chi connectivity index (χ1n) is 19.5. The second kappa shape index (κ2) is 18.7. The maximum absolute atomic E-state index is 13.1. The van der Waals surface area contributed by atoms with Crippen LogP contribution in [0.5, 0.6) is 0 Å². The van der Waals surface area contributed by atoms with Crippen LogP contribution in [0.1, 0.15) is 113 Å². The van der Waals surface area contributed by atoms with Crippen molar-refractivity contribution in [1.82, 2.24) is 0 Å². The van der Waals surface area contributed by atoms with Crippen molar-refractivity contribution in [1.29, 1.82) is 0 Å². The first kappa shape index (κ1) is 48.0. The lowest BCUT2D eigenvalue weighted by Gasteiger charge is -2.32. The number of ether oxygens (including phenoxy) is 4. The topological polar surface area (TPSA) is 169 Å². The molecule has 2 heterocycles. The van der Waals surface area contributed by atoms with E-state index >= 15 is 0 Å². The highest BCUT2D eigenvalue weighted by Crippen LogP contribution is 2.39. The van der Waals surface area contributed by atoms with Gasteiger partial charge in [-0.25, -0.2) is 9.59 Å². The van der Waals surface area contributed by atoms with Gasteiger partial charge in [0.05, 0.1) is 23.7 Å². The molecule has 4 rings (SSSR count). The summed E-state index contributed by atoms with van der Waals surface area (Å²) in [5, 5.41) is 9.46. The lowest BCUT2D eigenvalue weighted by Crippen LogP contribution is -2.35. The van der Waals surface area contributed by atoms with Crippen LogP contribution < -0.4 is 0 Å². The molecule has 1 N–H and O–H groups in total. The summed E-state index contributed by atoms with van der Waals surface area (Å²) >= 11 is 0. The van der Waals surface area contributed by atoms with Gasteiger partial charge >= 0.3 is 23.9 Å². The molecule has 0 amide bonds. The van der Waals surface area contributed by atoms with Crippen LogP contribution in [0, 0.1) is 64.2 Å². The van der Waals surface area contributed by atoms with E-state index in [1.807, 2.05) is 65.8 Å². The van der Waals surface area contributed by atoms with Crippen LogP contribution in [-0.2, 0) is 52.4 Å². The van der Waals surface area contributed by atoms with Gasteiger partial charge in [-0.2, -0.15) is 8.42 Å². The zero-order valence-electron chi connectivity index (χ0n) is 36.8. The molecule has 13 heteroatoms. The number of carbonyl (C=O) groups is 4. The molecule has 0 saturated carbocycles. The van der Waals surface area contributed by atoms with E-state index in [1.165, 1.54) is 0 Å². The number of esters is 4. The van der Waals surface area contributed by atoms with Gasteiger partial charge in [0.25, 0.3) is 10.1 Å². The molecular weight excluding hydrogens is 765 g/mol. The summed E-state index contributed by atoms with van der Waals surface area (Å²) in [5.41, 5.74) is 6.27. The number of hydrogen-bond acceptors (Lipinski definition) is 12. The molecule has 12 nitrogen and oxygen atoms in total. The maximum Gasteiger partial charge on any atom is 0.342 e. The lowest BCUT2D eigenvalue weighted by molar-refractivity contribution is -0.154. The van der Waals surface area contributed by atoms with Crippen LogP contribution in [0.4, 0.5) is 0 Å². The first-order valence-corrected chi connectivity index (χ1v) is 21.3. The molecule has 0 fully saturated rings. The summed E-state index contributed by atoms with van der Waals surface area (Å²) in [5.74, 6) is -2.09. The third-order valence-electron chi connectivity index (χ3n) is 9.87. The highest BCUT2D eigenvalue weighted by atomic mass is 32.2. The number of hydrogen-bond donors (Lipinski definition) is 1. The quantitative estimate of drug-likeness (QED) is 0.141. The number of cyclic esters (lactones) is 2. The Morgan fingerprint density at radius 2 is 1.02 bits per heavy atom. The fourth-order valence-electron chi connectivity index (χ4n) is 6.71. The molecule has 0 radical (unpaired) electrons. The highest BCUT2D eigenvalue weighted by Gasteiger charge is 2.39. The summed E-state index contributed by atoms with van der Waals surface area (Å²) in [4.78, 5) is 51.2. The Morgan fingerprint density at radius 3 is 1.31 bits per heavy atom. The Morgan fingerprint density at radius 1 is 0.690 bits per heavy atom. The second-order valence-corrected chi connectivity index (χ2v) is 19.5. The van der Waals surface area contributed by atoms with Crippen molar-refractivity contribution in [3.05, 3.63) is 80.3 Å². The van der Waals surface area contributed by atoms with Crippen molar-refractivity contribution in [3.8, 4) is 0 Å². The van der Waals surface area contributed by atoms with Crippen LogP contribution in [0.3, 0.4) is 0 Å². The van der Waals surface area contributed by atoms with Gasteiger partial charge < -0.3 is 24.1 Å². The number of carbonyl (C=O) groups excluding carboxylic acids is 4. The number of aliphatic hydroxyl groups is 1. The van der Waals surface area contributed by atoms with Crippen LogP contribution in [0.15, 0.2) is 35.8 Å². The van der Waals surface area contributed by atoms with Crippen LogP contribution >= 0.6 is 0 Å². The number of aliphatic hydroxyl groups excluding tert-OH is 1. The zero-order chi connectivity index (χ0) is 44.2. The van der Waals surface area contributed by atoms with E-state index in [1.54, 1.807) is 55.4 Å². The molecule has 4 atom stereocenters. The normalized spacial score (nSPS) is 18.8. The summed E-state index contributed by atoms with van der Waals surface area (Å²) < 4.78 is 50.2. The van der Waals surface area contributed by atoms with Crippen LogP contribution in [0.2, 0.25) is 0 Å². The fraction of sp³-hybridized carbons (Fsp3) is 0.556. The van der Waals surface area contributed by atoms with Gasteiger partial charge in [-0.1, -0.05) is 49.2 Å². The SMILES string of the molecule is Cc1cc(C)c(C2=C(OC(=O)C(C)(C)C)CC(C(C)CO)OC2=O)c(C)c1.Cc1cc(C)c(C2=C(OC(=O)C(C)(C)C)CC(C(C)COS(C)(=O)=O)OC2=O)c(C)c1. The van der Waals surface area contributed by atoms with Crippen molar-refractivity contribution in [3.63, 3.8) is 0 Å². The van der Waals surface area contributed by atoms with Gasteiger partial charge in [-0.05, 0) is 116 Å². The molecule has 2 aromatic rings. The minimum atomic E-state index is -3.63. The monoisotopic (exact) mass is 826 g/mol. The smallest absolute Gasteiger partial charge is 0.342 e. The van der Waals surface area contributed by atoms with E-state index in [0.717, 1.165) is 45.2 Å². The molecule has 2 aromatic carbocycles. The molecule has 0 bridgehead atoms. The molecule has 0 spiro atoms. The molecule has 0 aromatic heterocycles. The standard InChI is InChI=1S/C23H32O7S.C22H30O5/c1-13-9-14(2)19(15(3)10-13)20-18(30-22(25)23(5,6)7)11-17(29-21(20)24)16(4)12-28-31(8,26)27;1-12-8-13(2)18(14(3)9-12)19-17(27-21(25)22(5,6)7)10-16(15(4)11-23)26-20(19)24/h9-10,16-17H,11-12H2,1-8H3;8-9,15-16,23H,10-11H2,1-7H3. The third-order valence-corrected chi connectivity index (χ3v) is 10.4. The van der Waals surface area contributed by atoms with Crippen molar-refractivity contribution in [2.24, 2.45) is 22.7 Å². The Kier molecular flexibility index (Phi) is 15.5. The number of rotatable bonds is 10. The summed E-state index contributed by atoms with van der Waals surface area (Å²) in [6.45, 7) is 25.4. The van der Waals surface area contributed by atoms with E-state index in [9.17, 15) is 32.7 Å². The zero-order valence-corrected chi connectivity index (χ0v) is 37.6. The second-order valence-electron chi connectivity index (χ2n) is 17.8. The molecule has 0 saturated heterocycles. The van der Waals surface area contributed by atoms with E-state index in [0.29, 0.717) is 16.9 Å². The Hall–Kier alpha value is -4.33. The van der Waals surface area contributed by atoms with Gasteiger partial charge in [0.1, 0.15) is 34.9 Å². The minimum absolute atomic E-state index is 0.115. The average molecular weight is 827 g/mol. The van der Waals surface area contributed by atoms with Gasteiger partial charge in [-0.3, -0.25) is 13.8 Å². The Bertz CT molecular complexity index is 2050. The number of benzene rings is 2. The van der Waals surface area contributed by atoms with Gasteiger partial charge in [0.2, 0.25) is 0 Å². The average Bonchev–Trinajstić information content (AvgIpc) is 3.07. The summed E-state index contributed by atoms with van der Waals surface area (Å²) in [6.07, 6.45) is 0.151. The van der Waals surface area contributed by atoms with E-state index in [2.05, 4.69) is 0 Å². The van der Waals surface area contributed by atoms with Crippen molar-refractivity contribution in [2.75, 3.05) is 19.5 Å². The molecule has 320 valence electrons. The van der Waals surface area contributed by atoms with E-state index in [4.69, 9.17) is 23.1 Å². The van der Waals surface area contributed by atoms with Gasteiger partial charge in [0.15, 0.2) is 0 Å². The molecule has 58 heavy (non-hydrogen) atoms. The van der Waals surface area contributed by atoms with Crippen molar-refractivity contribution in [2.45, 2.75) is 122 Å². The molecule has 0 aliphatic carbocycles. The fourth-order valence-corrected chi connectivity index (χ4v) is 7.17. The van der Waals surface area contributed by atoms with Gasteiger partial charge in [0, 0.05) is 31.3 Å². The lowest BCUT2D eigenvalue weighted by atomic mass is 9.88. The van der Waals surface area contributed by atoms with E-state index in [-0.39, 0.29) is 43.3 Å². The van der Waals surface area contributed by atoms with Crippen molar-refractivity contribution < 1.29 is 55.8 Å². The third kappa shape index (κ3) is 12.3. The Balaban J connectivity index is 0.000000313. The predicted octanol–water partition coefficient (Wildman–Crippen LogP) is 7.70. The Labute approximate surface area is 344 Å². The van der Waals surface area contributed by atoms with Crippen LogP contribution in [-0.4, -0.2) is 69.1 Å². The first-order chi connectivity index (χ1) is 26.5. The highest BCUT2D eigenvalue weighted by molar-refractivity contribution is 7.85.